The van der Waals surface area contributed by atoms with E-state index in [2.05, 4.69) is 57.6 Å². The highest BCUT2D eigenvalue weighted by Gasteiger charge is 2.17. The smallest absolute Gasteiger partial charge is 0.251 e. The van der Waals surface area contributed by atoms with Crippen molar-refractivity contribution in [3.05, 3.63) is 71.3 Å². The van der Waals surface area contributed by atoms with Crippen molar-refractivity contribution in [1.29, 1.82) is 0 Å². The lowest BCUT2D eigenvalue weighted by Gasteiger charge is -2.34. The Balaban J connectivity index is 1.46. The van der Waals surface area contributed by atoms with Gasteiger partial charge in [0.05, 0.1) is 0 Å². The molecule has 0 aromatic heterocycles. The lowest BCUT2D eigenvalue weighted by Crippen LogP contribution is -2.45. The first-order chi connectivity index (χ1) is 12.6. The SMILES string of the molecule is CC(C)NC(=O)c1ccc(CN2CCN(Cc3ccccc3)CC2)cc1. The molecule has 0 atom stereocenters. The Morgan fingerprint density at radius 3 is 1.85 bits per heavy atom. The standard InChI is InChI=1S/C22H29N3O/c1-18(2)23-22(26)21-10-8-20(9-11-21)17-25-14-12-24(13-15-25)16-19-6-4-3-5-7-19/h3-11,18H,12-17H2,1-2H3,(H,23,26). The minimum absolute atomic E-state index is 0.000997. The Kier molecular flexibility index (Phi) is 6.42. The van der Waals surface area contributed by atoms with Gasteiger partial charge in [-0.1, -0.05) is 42.5 Å². The van der Waals surface area contributed by atoms with Gasteiger partial charge in [-0.05, 0) is 37.1 Å². The van der Waals surface area contributed by atoms with Crippen LogP contribution >= 0.6 is 0 Å². The number of piperazine rings is 1. The van der Waals surface area contributed by atoms with Gasteiger partial charge in [0, 0.05) is 50.9 Å². The number of hydrogen-bond acceptors (Lipinski definition) is 3. The second-order valence-corrected chi connectivity index (χ2v) is 7.36. The summed E-state index contributed by atoms with van der Waals surface area (Å²) in [5.41, 5.74) is 3.38. The molecular formula is C22H29N3O. The quantitative estimate of drug-likeness (QED) is 0.868. The van der Waals surface area contributed by atoms with Crippen LogP contribution in [0.4, 0.5) is 0 Å². The largest absolute Gasteiger partial charge is 0.350 e. The molecular weight excluding hydrogens is 322 g/mol. The van der Waals surface area contributed by atoms with Gasteiger partial charge in [-0.2, -0.15) is 0 Å². The summed E-state index contributed by atoms with van der Waals surface area (Å²) < 4.78 is 0. The minimum Gasteiger partial charge on any atom is -0.350 e. The van der Waals surface area contributed by atoms with Crippen LogP contribution in [0.3, 0.4) is 0 Å². The van der Waals surface area contributed by atoms with E-state index in [-0.39, 0.29) is 11.9 Å². The molecule has 138 valence electrons. The molecule has 3 rings (SSSR count). The maximum Gasteiger partial charge on any atom is 0.251 e. The highest BCUT2D eigenvalue weighted by atomic mass is 16.1. The van der Waals surface area contributed by atoms with Gasteiger partial charge in [0.15, 0.2) is 0 Å². The molecule has 2 aromatic carbocycles. The lowest BCUT2D eigenvalue weighted by molar-refractivity contribution is 0.0943. The minimum atomic E-state index is 0.000997. The molecule has 0 radical (unpaired) electrons. The van der Waals surface area contributed by atoms with E-state index in [0.717, 1.165) is 44.8 Å². The number of nitrogens with one attached hydrogen (secondary N) is 1. The molecule has 0 unspecified atom stereocenters. The van der Waals surface area contributed by atoms with E-state index in [1.165, 1.54) is 11.1 Å². The van der Waals surface area contributed by atoms with Crippen molar-refractivity contribution in [3.63, 3.8) is 0 Å². The van der Waals surface area contributed by atoms with Crippen molar-refractivity contribution in [3.8, 4) is 0 Å². The van der Waals surface area contributed by atoms with E-state index >= 15 is 0 Å². The number of carbonyl (C=O) groups excluding carboxylic acids is 1. The highest BCUT2D eigenvalue weighted by Crippen LogP contribution is 2.12. The summed E-state index contributed by atoms with van der Waals surface area (Å²) in [4.78, 5) is 17.0. The fraction of sp³-hybridized carbons (Fsp3) is 0.409. The van der Waals surface area contributed by atoms with E-state index in [0.29, 0.717) is 0 Å². The lowest BCUT2D eigenvalue weighted by atomic mass is 10.1. The third-order valence-electron chi connectivity index (χ3n) is 4.76. The number of amides is 1. The van der Waals surface area contributed by atoms with Crippen molar-refractivity contribution >= 4 is 5.91 Å². The fourth-order valence-electron chi connectivity index (χ4n) is 3.31. The van der Waals surface area contributed by atoms with E-state index in [4.69, 9.17) is 0 Å². The van der Waals surface area contributed by atoms with Gasteiger partial charge in [0.1, 0.15) is 0 Å². The van der Waals surface area contributed by atoms with Crippen LogP contribution in [0.15, 0.2) is 54.6 Å². The summed E-state index contributed by atoms with van der Waals surface area (Å²) in [6, 6.07) is 18.8. The second-order valence-electron chi connectivity index (χ2n) is 7.36. The zero-order valence-electron chi connectivity index (χ0n) is 15.8. The summed E-state index contributed by atoms with van der Waals surface area (Å²) in [5, 5.41) is 2.93. The molecule has 2 aromatic rings. The molecule has 26 heavy (non-hydrogen) atoms. The fourth-order valence-corrected chi connectivity index (χ4v) is 3.31. The van der Waals surface area contributed by atoms with Crippen LogP contribution in [0, 0.1) is 0 Å². The first-order valence-corrected chi connectivity index (χ1v) is 9.48. The Bertz CT molecular complexity index is 689. The van der Waals surface area contributed by atoms with Gasteiger partial charge >= 0.3 is 0 Å². The van der Waals surface area contributed by atoms with E-state index in [1.807, 2.05) is 26.0 Å². The third-order valence-corrected chi connectivity index (χ3v) is 4.76. The van der Waals surface area contributed by atoms with Crippen molar-refractivity contribution in [2.45, 2.75) is 33.0 Å². The molecule has 1 amide bonds. The molecule has 1 fully saturated rings. The summed E-state index contributed by atoms with van der Waals surface area (Å²) in [7, 11) is 0. The van der Waals surface area contributed by atoms with Gasteiger partial charge < -0.3 is 5.32 Å². The summed E-state index contributed by atoms with van der Waals surface area (Å²) >= 11 is 0. The summed E-state index contributed by atoms with van der Waals surface area (Å²) in [6.45, 7) is 10.3. The Hall–Kier alpha value is -2.17. The highest BCUT2D eigenvalue weighted by molar-refractivity contribution is 5.94. The monoisotopic (exact) mass is 351 g/mol. The number of benzene rings is 2. The number of rotatable bonds is 6. The first kappa shape index (κ1) is 18.6. The van der Waals surface area contributed by atoms with Crippen LogP contribution in [-0.4, -0.2) is 47.9 Å². The van der Waals surface area contributed by atoms with Gasteiger partial charge in [-0.3, -0.25) is 14.6 Å². The van der Waals surface area contributed by atoms with Crippen LogP contribution in [0.2, 0.25) is 0 Å². The van der Waals surface area contributed by atoms with E-state index < -0.39 is 0 Å². The average molecular weight is 351 g/mol. The molecule has 1 saturated heterocycles. The average Bonchev–Trinajstić information content (AvgIpc) is 2.64. The molecule has 1 heterocycles. The molecule has 4 heteroatoms. The number of nitrogens with zero attached hydrogens (tertiary/aromatic N) is 2. The van der Waals surface area contributed by atoms with Gasteiger partial charge in [-0.15, -0.1) is 0 Å². The zero-order chi connectivity index (χ0) is 18.4. The Morgan fingerprint density at radius 1 is 0.846 bits per heavy atom. The topological polar surface area (TPSA) is 35.6 Å². The predicted molar refractivity (Wildman–Crippen MR) is 106 cm³/mol. The molecule has 4 nitrogen and oxygen atoms in total. The molecule has 0 bridgehead atoms. The predicted octanol–water partition coefficient (Wildman–Crippen LogP) is 3.14. The number of carbonyl (C=O) groups is 1. The van der Waals surface area contributed by atoms with Crippen LogP contribution < -0.4 is 5.32 Å². The maximum absolute atomic E-state index is 12.0. The molecule has 1 aliphatic rings. The normalized spacial score (nSPS) is 16.0. The van der Waals surface area contributed by atoms with E-state index in [9.17, 15) is 4.79 Å². The van der Waals surface area contributed by atoms with Gasteiger partial charge in [0.2, 0.25) is 0 Å². The van der Waals surface area contributed by atoms with E-state index in [1.54, 1.807) is 0 Å². The van der Waals surface area contributed by atoms with Gasteiger partial charge in [-0.25, -0.2) is 0 Å². The first-order valence-electron chi connectivity index (χ1n) is 9.48. The molecule has 1 aliphatic heterocycles. The van der Waals surface area contributed by atoms with Crippen molar-refractivity contribution in [2.75, 3.05) is 26.2 Å². The van der Waals surface area contributed by atoms with Crippen LogP contribution in [-0.2, 0) is 13.1 Å². The maximum atomic E-state index is 12.0. The van der Waals surface area contributed by atoms with Crippen molar-refractivity contribution < 1.29 is 4.79 Å². The molecule has 0 spiro atoms. The Labute approximate surface area is 156 Å². The van der Waals surface area contributed by atoms with Crippen LogP contribution in [0.25, 0.3) is 0 Å². The van der Waals surface area contributed by atoms with Crippen LogP contribution in [0.5, 0.6) is 0 Å². The second kappa shape index (κ2) is 8.97. The zero-order valence-corrected chi connectivity index (χ0v) is 15.8. The van der Waals surface area contributed by atoms with Crippen LogP contribution in [0.1, 0.15) is 35.3 Å². The molecule has 0 saturated carbocycles. The summed E-state index contributed by atoms with van der Waals surface area (Å²) in [6.07, 6.45) is 0. The Morgan fingerprint density at radius 2 is 1.35 bits per heavy atom. The van der Waals surface area contributed by atoms with Gasteiger partial charge in [0.25, 0.3) is 5.91 Å². The third kappa shape index (κ3) is 5.41. The number of hydrogen-bond donors (Lipinski definition) is 1. The molecule has 0 aliphatic carbocycles. The van der Waals surface area contributed by atoms with Crippen molar-refractivity contribution in [2.24, 2.45) is 0 Å². The van der Waals surface area contributed by atoms with Crippen molar-refractivity contribution in [1.82, 2.24) is 15.1 Å². The molecule has 1 N–H and O–H groups in total. The summed E-state index contributed by atoms with van der Waals surface area (Å²) in [5.74, 6) is 0.000997.